The van der Waals surface area contributed by atoms with E-state index >= 15 is 0 Å². The summed E-state index contributed by atoms with van der Waals surface area (Å²) in [5.74, 6) is 0. The average molecular weight is 305 g/mol. The lowest BCUT2D eigenvalue weighted by Crippen LogP contribution is -2.47. The maximum absolute atomic E-state index is 12.2. The van der Waals surface area contributed by atoms with Crippen LogP contribution in [0.5, 0.6) is 0 Å². The number of hydrogen-bond acceptors (Lipinski definition) is 4. The molecular formula is C17H27N3O2. The van der Waals surface area contributed by atoms with Gasteiger partial charge in [0.2, 0.25) is 0 Å². The van der Waals surface area contributed by atoms with E-state index in [0.717, 1.165) is 36.3 Å². The number of hydrogen-bond donors (Lipinski definition) is 2. The number of ether oxygens (including phenoxy) is 1. The fourth-order valence-electron chi connectivity index (χ4n) is 2.62. The lowest BCUT2D eigenvalue weighted by Gasteiger charge is -2.35. The Kier molecular flexibility index (Phi) is 4.84. The van der Waals surface area contributed by atoms with Crippen molar-refractivity contribution in [3.05, 3.63) is 23.8 Å². The van der Waals surface area contributed by atoms with Gasteiger partial charge in [-0.2, -0.15) is 0 Å². The lowest BCUT2D eigenvalue weighted by molar-refractivity contribution is 0.0206. The number of likely N-dealkylation sites (tertiary alicyclic amines) is 1. The van der Waals surface area contributed by atoms with Crippen molar-refractivity contribution in [1.82, 2.24) is 4.90 Å². The van der Waals surface area contributed by atoms with E-state index in [0.29, 0.717) is 6.54 Å². The van der Waals surface area contributed by atoms with Gasteiger partial charge in [-0.3, -0.25) is 0 Å². The van der Waals surface area contributed by atoms with Crippen LogP contribution in [0.2, 0.25) is 0 Å². The van der Waals surface area contributed by atoms with Crippen LogP contribution in [0.4, 0.5) is 16.2 Å². The van der Waals surface area contributed by atoms with Crippen LogP contribution in [-0.2, 0) is 4.74 Å². The Morgan fingerprint density at radius 2 is 2.14 bits per heavy atom. The molecule has 2 rings (SSSR count). The first-order chi connectivity index (χ1) is 10.2. The third-order valence-electron chi connectivity index (χ3n) is 3.64. The van der Waals surface area contributed by atoms with E-state index in [2.05, 4.69) is 5.32 Å². The fraction of sp³-hybridized carbons (Fsp3) is 0.588. The largest absolute Gasteiger partial charge is 0.444 e. The van der Waals surface area contributed by atoms with Gasteiger partial charge in [-0.15, -0.1) is 0 Å². The summed E-state index contributed by atoms with van der Waals surface area (Å²) >= 11 is 0. The van der Waals surface area contributed by atoms with E-state index < -0.39 is 5.60 Å². The Labute approximate surface area is 132 Å². The molecule has 1 heterocycles. The Balaban J connectivity index is 1.97. The highest BCUT2D eigenvalue weighted by Gasteiger charge is 2.27. The normalized spacial score (nSPS) is 18.9. The molecular weight excluding hydrogens is 278 g/mol. The Hall–Kier alpha value is -1.91. The van der Waals surface area contributed by atoms with Crippen molar-refractivity contribution in [1.29, 1.82) is 0 Å². The molecule has 1 fully saturated rings. The van der Waals surface area contributed by atoms with Crippen LogP contribution in [0, 0.1) is 6.92 Å². The first-order valence-corrected chi connectivity index (χ1v) is 7.85. The summed E-state index contributed by atoms with van der Waals surface area (Å²) in [6.45, 7) is 9.07. The number of rotatable bonds is 2. The SMILES string of the molecule is Cc1ccc(NC2CCCN(C(=O)OC(C)(C)C)C2)c(N)c1. The quantitative estimate of drug-likeness (QED) is 0.822. The van der Waals surface area contributed by atoms with Crippen LogP contribution < -0.4 is 11.1 Å². The summed E-state index contributed by atoms with van der Waals surface area (Å²) in [5, 5.41) is 3.45. The first kappa shape index (κ1) is 16.5. The van der Waals surface area contributed by atoms with Crippen molar-refractivity contribution in [2.24, 2.45) is 0 Å². The summed E-state index contributed by atoms with van der Waals surface area (Å²) in [7, 11) is 0. The topological polar surface area (TPSA) is 67.6 Å². The summed E-state index contributed by atoms with van der Waals surface area (Å²) in [5.41, 5.74) is 8.41. The Morgan fingerprint density at radius 3 is 2.77 bits per heavy atom. The van der Waals surface area contributed by atoms with Gasteiger partial charge in [0, 0.05) is 19.1 Å². The number of aryl methyl sites for hydroxylation is 1. The number of nitrogens with zero attached hydrogens (tertiary/aromatic N) is 1. The molecule has 0 aliphatic carbocycles. The third kappa shape index (κ3) is 4.55. The maximum atomic E-state index is 12.2. The number of carbonyl (C=O) groups excluding carboxylic acids is 1. The Morgan fingerprint density at radius 1 is 1.41 bits per heavy atom. The molecule has 1 saturated heterocycles. The molecule has 1 amide bonds. The second kappa shape index (κ2) is 6.46. The molecule has 0 aromatic heterocycles. The number of benzene rings is 1. The van der Waals surface area contributed by atoms with Crippen molar-refractivity contribution < 1.29 is 9.53 Å². The van der Waals surface area contributed by atoms with Gasteiger partial charge in [-0.1, -0.05) is 6.07 Å². The molecule has 1 aliphatic heterocycles. The molecule has 1 aromatic rings. The number of amides is 1. The predicted molar refractivity (Wildman–Crippen MR) is 90.0 cm³/mol. The monoisotopic (exact) mass is 305 g/mol. The molecule has 0 bridgehead atoms. The summed E-state index contributed by atoms with van der Waals surface area (Å²) in [6, 6.07) is 6.19. The van der Waals surface area contributed by atoms with Crippen molar-refractivity contribution >= 4 is 17.5 Å². The van der Waals surface area contributed by atoms with E-state index in [1.807, 2.05) is 45.9 Å². The molecule has 1 aromatic carbocycles. The van der Waals surface area contributed by atoms with Crippen LogP contribution in [0.1, 0.15) is 39.2 Å². The minimum Gasteiger partial charge on any atom is -0.444 e. The van der Waals surface area contributed by atoms with Gasteiger partial charge in [-0.25, -0.2) is 4.79 Å². The molecule has 5 heteroatoms. The summed E-state index contributed by atoms with van der Waals surface area (Å²) in [6.07, 6.45) is 1.74. The molecule has 1 aliphatic rings. The van der Waals surface area contributed by atoms with E-state index in [1.54, 1.807) is 4.90 Å². The van der Waals surface area contributed by atoms with Crippen LogP contribution in [0.15, 0.2) is 18.2 Å². The number of anilines is 2. The minimum atomic E-state index is -0.459. The van der Waals surface area contributed by atoms with Gasteiger partial charge < -0.3 is 20.7 Å². The van der Waals surface area contributed by atoms with Gasteiger partial charge in [0.15, 0.2) is 0 Å². The summed E-state index contributed by atoms with van der Waals surface area (Å²) < 4.78 is 5.45. The van der Waals surface area contributed by atoms with Crippen LogP contribution >= 0.6 is 0 Å². The molecule has 0 saturated carbocycles. The zero-order valence-corrected chi connectivity index (χ0v) is 14.0. The average Bonchev–Trinajstić information content (AvgIpc) is 2.40. The summed E-state index contributed by atoms with van der Waals surface area (Å²) in [4.78, 5) is 13.9. The van der Waals surface area contributed by atoms with E-state index in [-0.39, 0.29) is 12.1 Å². The van der Waals surface area contributed by atoms with Crippen molar-refractivity contribution in [2.45, 2.75) is 52.2 Å². The van der Waals surface area contributed by atoms with Crippen molar-refractivity contribution in [3.8, 4) is 0 Å². The third-order valence-corrected chi connectivity index (χ3v) is 3.64. The van der Waals surface area contributed by atoms with Crippen molar-refractivity contribution in [2.75, 3.05) is 24.1 Å². The number of carbonyl (C=O) groups is 1. The Bertz CT molecular complexity index is 537. The zero-order valence-electron chi connectivity index (χ0n) is 14.0. The number of nitrogen functional groups attached to an aromatic ring is 1. The molecule has 22 heavy (non-hydrogen) atoms. The van der Waals surface area contributed by atoms with E-state index in [1.165, 1.54) is 0 Å². The lowest BCUT2D eigenvalue weighted by atomic mass is 10.1. The zero-order chi connectivity index (χ0) is 16.3. The highest BCUT2D eigenvalue weighted by Crippen LogP contribution is 2.23. The maximum Gasteiger partial charge on any atom is 0.410 e. The molecule has 0 radical (unpaired) electrons. The number of piperidine rings is 1. The van der Waals surface area contributed by atoms with Crippen LogP contribution in [-0.4, -0.2) is 35.7 Å². The molecule has 1 atom stereocenters. The van der Waals surface area contributed by atoms with Gasteiger partial charge in [0.25, 0.3) is 0 Å². The van der Waals surface area contributed by atoms with Crippen LogP contribution in [0.25, 0.3) is 0 Å². The first-order valence-electron chi connectivity index (χ1n) is 7.85. The van der Waals surface area contributed by atoms with Gasteiger partial charge in [0.1, 0.15) is 5.60 Å². The second-order valence-electron chi connectivity index (χ2n) is 7.00. The van der Waals surface area contributed by atoms with E-state index in [9.17, 15) is 4.79 Å². The molecule has 5 nitrogen and oxygen atoms in total. The molecule has 0 spiro atoms. The standard InChI is InChI=1S/C17H27N3O2/c1-12-7-8-15(14(18)10-12)19-13-6-5-9-20(11-13)16(21)22-17(2,3)4/h7-8,10,13,19H,5-6,9,11,18H2,1-4H3. The number of nitrogens with two attached hydrogens (primary N) is 1. The fourth-order valence-corrected chi connectivity index (χ4v) is 2.62. The van der Waals surface area contributed by atoms with Gasteiger partial charge in [-0.05, 0) is 58.2 Å². The highest BCUT2D eigenvalue weighted by atomic mass is 16.6. The molecule has 122 valence electrons. The highest BCUT2D eigenvalue weighted by molar-refractivity contribution is 5.69. The van der Waals surface area contributed by atoms with Gasteiger partial charge in [0.05, 0.1) is 11.4 Å². The van der Waals surface area contributed by atoms with Crippen molar-refractivity contribution in [3.63, 3.8) is 0 Å². The minimum absolute atomic E-state index is 0.200. The smallest absolute Gasteiger partial charge is 0.410 e. The molecule has 1 unspecified atom stereocenters. The predicted octanol–water partition coefficient (Wildman–Crippen LogP) is 3.39. The van der Waals surface area contributed by atoms with Gasteiger partial charge >= 0.3 is 6.09 Å². The van der Waals surface area contributed by atoms with E-state index in [4.69, 9.17) is 10.5 Å². The van der Waals surface area contributed by atoms with Crippen LogP contribution in [0.3, 0.4) is 0 Å². The number of nitrogens with one attached hydrogen (secondary N) is 1. The molecule has 3 N–H and O–H groups in total. The second-order valence-corrected chi connectivity index (χ2v) is 7.00.